The van der Waals surface area contributed by atoms with Gasteiger partial charge in [-0.1, -0.05) is 11.6 Å². The number of carbonyl (C=O) groups excluding carboxylic acids is 1. The van der Waals surface area contributed by atoms with Gasteiger partial charge in [0.25, 0.3) is 0 Å². The van der Waals surface area contributed by atoms with E-state index in [-0.39, 0.29) is 18.3 Å². The number of ether oxygens (including phenoxy) is 1. The van der Waals surface area contributed by atoms with Gasteiger partial charge in [-0.25, -0.2) is 0 Å². The zero-order valence-electron chi connectivity index (χ0n) is 12.3. The Morgan fingerprint density at radius 3 is 2.55 bits per heavy atom. The van der Waals surface area contributed by atoms with Crippen LogP contribution in [0.1, 0.15) is 12.8 Å². The van der Waals surface area contributed by atoms with Crippen molar-refractivity contribution in [2.45, 2.75) is 17.7 Å². The van der Waals surface area contributed by atoms with E-state index in [2.05, 4.69) is 5.32 Å². The molecule has 1 fully saturated rings. The van der Waals surface area contributed by atoms with Crippen molar-refractivity contribution in [3.8, 4) is 0 Å². The molecule has 0 aromatic heterocycles. The first-order valence-corrected chi connectivity index (χ1v) is 8.47. The second kappa shape index (κ2) is 9.63. The molecule has 0 atom stereocenters. The van der Waals surface area contributed by atoms with Crippen molar-refractivity contribution in [2.75, 3.05) is 32.1 Å². The third-order valence-corrected chi connectivity index (χ3v) is 5.06. The minimum atomic E-state index is -0.441. The number of nitrogens with two attached hydrogens (primary N) is 1. The van der Waals surface area contributed by atoms with Crippen LogP contribution in [0, 0.1) is 5.41 Å². The Kier molecular flexibility index (Phi) is 8.57. The SMILES string of the molecule is Cl.NCC1(C(=O)NCCSc2ccc(Cl)cc2)CCOCC1. The van der Waals surface area contributed by atoms with E-state index < -0.39 is 5.41 Å². The Morgan fingerprint density at radius 1 is 1.32 bits per heavy atom. The van der Waals surface area contributed by atoms with Gasteiger partial charge in [-0.3, -0.25) is 4.79 Å². The Bertz CT molecular complexity index is 465. The monoisotopic (exact) mass is 364 g/mol. The van der Waals surface area contributed by atoms with Gasteiger partial charge in [0.05, 0.1) is 5.41 Å². The maximum atomic E-state index is 12.3. The first kappa shape index (κ1) is 19.6. The first-order chi connectivity index (χ1) is 10.2. The van der Waals surface area contributed by atoms with Gasteiger partial charge >= 0.3 is 0 Å². The molecule has 1 aliphatic heterocycles. The number of hydrogen-bond acceptors (Lipinski definition) is 4. The molecule has 1 aromatic rings. The smallest absolute Gasteiger partial charge is 0.227 e. The Hall–Kier alpha value is -0.460. The lowest BCUT2D eigenvalue weighted by atomic mass is 9.79. The van der Waals surface area contributed by atoms with E-state index in [0.717, 1.165) is 15.7 Å². The van der Waals surface area contributed by atoms with E-state index in [9.17, 15) is 4.79 Å². The van der Waals surface area contributed by atoms with Crippen LogP contribution >= 0.6 is 35.8 Å². The van der Waals surface area contributed by atoms with Crippen LogP contribution in [0.2, 0.25) is 5.02 Å². The summed E-state index contributed by atoms with van der Waals surface area (Å²) in [4.78, 5) is 13.5. The van der Waals surface area contributed by atoms with Gasteiger partial charge in [0.1, 0.15) is 0 Å². The van der Waals surface area contributed by atoms with Crippen molar-refractivity contribution in [3.63, 3.8) is 0 Å². The largest absolute Gasteiger partial charge is 0.381 e. The molecule has 0 bridgehead atoms. The van der Waals surface area contributed by atoms with Crippen LogP contribution in [0.25, 0.3) is 0 Å². The minimum Gasteiger partial charge on any atom is -0.381 e. The Labute approximate surface area is 146 Å². The summed E-state index contributed by atoms with van der Waals surface area (Å²) in [5.74, 6) is 0.884. The molecule has 1 saturated heterocycles. The lowest BCUT2D eigenvalue weighted by Crippen LogP contribution is -2.49. The third-order valence-electron chi connectivity index (χ3n) is 3.79. The maximum absolute atomic E-state index is 12.3. The highest BCUT2D eigenvalue weighted by molar-refractivity contribution is 7.99. The summed E-state index contributed by atoms with van der Waals surface area (Å²) in [5, 5.41) is 3.74. The first-order valence-electron chi connectivity index (χ1n) is 7.11. The number of benzene rings is 1. The van der Waals surface area contributed by atoms with Crippen LogP contribution in [0.5, 0.6) is 0 Å². The fraction of sp³-hybridized carbons (Fsp3) is 0.533. The second-order valence-corrected chi connectivity index (χ2v) is 6.76. The van der Waals surface area contributed by atoms with E-state index >= 15 is 0 Å². The fourth-order valence-corrected chi connectivity index (χ4v) is 3.23. The van der Waals surface area contributed by atoms with Crippen LogP contribution in [-0.4, -0.2) is 38.0 Å². The summed E-state index contributed by atoms with van der Waals surface area (Å²) >= 11 is 7.54. The number of carbonyl (C=O) groups is 1. The summed E-state index contributed by atoms with van der Waals surface area (Å²) < 4.78 is 5.32. The van der Waals surface area contributed by atoms with Crippen LogP contribution < -0.4 is 11.1 Å². The van der Waals surface area contributed by atoms with Crippen molar-refractivity contribution >= 4 is 41.7 Å². The predicted molar refractivity (Wildman–Crippen MR) is 94.0 cm³/mol. The van der Waals surface area contributed by atoms with Gasteiger partial charge in [-0.15, -0.1) is 24.2 Å². The summed E-state index contributed by atoms with van der Waals surface area (Å²) in [6.45, 7) is 2.25. The van der Waals surface area contributed by atoms with E-state index in [0.29, 0.717) is 39.1 Å². The summed E-state index contributed by atoms with van der Waals surface area (Å²) in [5.41, 5.74) is 5.37. The van der Waals surface area contributed by atoms with Gasteiger partial charge in [-0.2, -0.15) is 0 Å². The molecule has 124 valence electrons. The highest BCUT2D eigenvalue weighted by Gasteiger charge is 2.38. The predicted octanol–water partition coefficient (Wildman–Crippen LogP) is 2.73. The van der Waals surface area contributed by atoms with Crippen molar-refractivity contribution in [1.82, 2.24) is 5.32 Å². The van der Waals surface area contributed by atoms with Crippen molar-refractivity contribution in [3.05, 3.63) is 29.3 Å². The molecule has 1 heterocycles. The van der Waals surface area contributed by atoms with E-state index in [1.54, 1.807) is 11.8 Å². The normalized spacial score (nSPS) is 16.6. The van der Waals surface area contributed by atoms with Gasteiger partial charge in [0.15, 0.2) is 0 Å². The molecule has 0 radical (unpaired) electrons. The van der Waals surface area contributed by atoms with Crippen LogP contribution in [0.3, 0.4) is 0 Å². The Balaban J connectivity index is 0.00000242. The van der Waals surface area contributed by atoms with Gasteiger partial charge in [-0.05, 0) is 37.1 Å². The number of rotatable bonds is 6. The van der Waals surface area contributed by atoms with Crippen molar-refractivity contribution in [2.24, 2.45) is 11.1 Å². The Morgan fingerprint density at radius 2 is 1.95 bits per heavy atom. The number of nitrogens with one attached hydrogen (secondary N) is 1. The molecule has 3 N–H and O–H groups in total. The van der Waals surface area contributed by atoms with Gasteiger partial charge in [0, 0.05) is 42.0 Å². The molecule has 1 aromatic carbocycles. The van der Waals surface area contributed by atoms with E-state index in [1.807, 2.05) is 24.3 Å². The number of halogens is 2. The molecule has 0 aliphatic carbocycles. The van der Waals surface area contributed by atoms with E-state index in [1.165, 1.54) is 0 Å². The standard InChI is InChI=1S/C15H21ClN2O2S.ClH/c16-12-1-3-13(4-2-12)21-10-7-18-14(19)15(11-17)5-8-20-9-6-15;/h1-4H,5-11,17H2,(H,18,19);1H. The molecule has 1 amide bonds. The van der Waals surface area contributed by atoms with Gasteiger partial charge < -0.3 is 15.8 Å². The average molecular weight is 365 g/mol. The van der Waals surface area contributed by atoms with E-state index in [4.69, 9.17) is 22.1 Å². The highest BCUT2D eigenvalue weighted by atomic mass is 35.5. The molecule has 0 saturated carbocycles. The summed E-state index contributed by atoms with van der Waals surface area (Å²) in [6, 6.07) is 7.70. The zero-order chi connectivity index (χ0) is 15.1. The lowest BCUT2D eigenvalue weighted by molar-refractivity contribution is -0.135. The molecule has 2 rings (SSSR count). The number of amides is 1. The topological polar surface area (TPSA) is 64.4 Å². The van der Waals surface area contributed by atoms with Crippen molar-refractivity contribution < 1.29 is 9.53 Å². The second-order valence-electron chi connectivity index (χ2n) is 5.16. The number of hydrogen-bond donors (Lipinski definition) is 2. The molecule has 0 unspecified atom stereocenters. The minimum absolute atomic E-state index is 0. The van der Waals surface area contributed by atoms with Gasteiger partial charge in [0.2, 0.25) is 5.91 Å². The summed E-state index contributed by atoms with van der Waals surface area (Å²) in [7, 11) is 0. The van der Waals surface area contributed by atoms with Crippen molar-refractivity contribution in [1.29, 1.82) is 0 Å². The van der Waals surface area contributed by atoms with Crippen LogP contribution in [0.4, 0.5) is 0 Å². The lowest BCUT2D eigenvalue weighted by Gasteiger charge is -2.34. The molecule has 4 nitrogen and oxygen atoms in total. The maximum Gasteiger partial charge on any atom is 0.227 e. The summed E-state index contributed by atoms with van der Waals surface area (Å²) in [6.07, 6.45) is 1.42. The molecule has 7 heteroatoms. The quantitative estimate of drug-likeness (QED) is 0.601. The average Bonchev–Trinajstić information content (AvgIpc) is 2.53. The molecular weight excluding hydrogens is 343 g/mol. The zero-order valence-corrected chi connectivity index (χ0v) is 14.7. The molecular formula is C15H22Cl2N2O2S. The molecule has 1 aliphatic rings. The molecule has 22 heavy (non-hydrogen) atoms. The van der Waals surface area contributed by atoms with Crippen LogP contribution in [-0.2, 0) is 9.53 Å². The fourth-order valence-electron chi connectivity index (χ4n) is 2.34. The third kappa shape index (κ3) is 5.32. The number of thioether (sulfide) groups is 1. The molecule has 0 spiro atoms. The van der Waals surface area contributed by atoms with Crippen LogP contribution in [0.15, 0.2) is 29.2 Å². The highest BCUT2D eigenvalue weighted by Crippen LogP contribution is 2.29.